The van der Waals surface area contributed by atoms with Crippen molar-refractivity contribution in [2.45, 2.75) is 44.1 Å². The number of likely N-dealkylation sites (tertiary alicyclic amines) is 1. The van der Waals surface area contributed by atoms with Gasteiger partial charge in [-0.3, -0.25) is 4.79 Å². The van der Waals surface area contributed by atoms with E-state index in [2.05, 4.69) is 27.1 Å². The molecule has 1 aromatic heterocycles. The number of aryl methyl sites for hydroxylation is 1. The number of hydrogen-bond acceptors (Lipinski definition) is 6. The number of carbonyl (C=O) groups excluding carboxylic acids is 1. The molecule has 4 rings (SSSR count). The van der Waals surface area contributed by atoms with Gasteiger partial charge in [0, 0.05) is 25.3 Å². The van der Waals surface area contributed by atoms with E-state index in [1.807, 2.05) is 13.1 Å². The number of morpholine rings is 1. The van der Waals surface area contributed by atoms with Gasteiger partial charge in [0.25, 0.3) is 0 Å². The number of nitrogens with zero attached hydrogens (tertiary/aromatic N) is 4. The summed E-state index contributed by atoms with van der Waals surface area (Å²) in [6, 6.07) is 0.278. The number of aromatic nitrogens is 2. The highest BCUT2D eigenvalue weighted by atomic mass is 16.5. The van der Waals surface area contributed by atoms with E-state index in [9.17, 15) is 4.79 Å². The molecule has 142 valence electrons. The zero-order valence-electron chi connectivity index (χ0n) is 15.8. The summed E-state index contributed by atoms with van der Waals surface area (Å²) >= 11 is 0. The van der Waals surface area contributed by atoms with Gasteiger partial charge in [0.1, 0.15) is 0 Å². The van der Waals surface area contributed by atoms with Crippen LogP contribution in [-0.4, -0.2) is 73.3 Å². The average Bonchev–Trinajstić information content (AvgIpc) is 3.02. The predicted molar refractivity (Wildman–Crippen MR) is 99.4 cm³/mol. The normalized spacial score (nSPS) is 27.4. The fraction of sp³-hybridized carbons (Fsp3) is 0.737. The van der Waals surface area contributed by atoms with Crippen molar-refractivity contribution in [2.75, 3.05) is 51.3 Å². The maximum atomic E-state index is 13.1. The second-order valence-corrected chi connectivity index (χ2v) is 8.03. The summed E-state index contributed by atoms with van der Waals surface area (Å²) in [5.74, 6) is 0.852. The van der Waals surface area contributed by atoms with Crippen LogP contribution in [0.3, 0.4) is 0 Å². The van der Waals surface area contributed by atoms with Gasteiger partial charge < -0.3 is 19.9 Å². The minimum absolute atomic E-state index is 0.123. The van der Waals surface area contributed by atoms with E-state index in [-0.39, 0.29) is 11.9 Å². The summed E-state index contributed by atoms with van der Waals surface area (Å²) in [7, 11) is 2.14. The van der Waals surface area contributed by atoms with E-state index in [0.29, 0.717) is 13.2 Å². The first-order valence-corrected chi connectivity index (χ1v) is 9.75. The first kappa shape index (κ1) is 17.7. The molecule has 0 bridgehead atoms. The lowest BCUT2D eigenvalue weighted by atomic mass is 9.86. The van der Waals surface area contributed by atoms with Crippen LogP contribution in [-0.2, 0) is 21.4 Å². The Morgan fingerprint density at radius 2 is 2.00 bits per heavy atom. The van der Waals surface area contributed by atoms with E-state index in [1.54, 1.807) is 0 Å². The third kappa shape index (κ3) is 3.30. The SMILES string of the molecule is CN1CCC(NC(=O)C2(C)CCc3cnc(N4CCOCC4)nc32)CC1. The van der Waals surface area contributed by atoms with E-state index >= 15 is 0 Å². The Kier molecular flexibility index (Phi) is 4.84. The number of piperidine rings is 1. The van der Waals surface area contributed by atoms with Crippen molar-refractivity contribution >= 4 is 11.9 Å². The zero-order chi connectivity index (χ0) is 18.1. The molecule has 0 saturated carbocycles. The molecule has 1 aromatic rings. The van der Waals surface area contributed by atoms with Crippen LogP contribution in [0.15, 0.2) is 6.20 Å². The van der Waals surface area contributed by atoms with Crippen molar-refractivity contribution in [1.29, 1.82) is 0 Å². The maximum absolute atomic E-state index is 13.1. The van der Waals surface area contributed by atoms with Crippen LogP contribution in [0.1, 0.15) is 37.4 Å². The molecule has 2 fully saturated rings. The second kappa shape index (κ2) is 7.12. The number of fused-ring (bicyclic) bond motifs is 1. The van der Waals surface area contributed by atoms with Gasteiger partial charge in [0.15, 0.2) is 0 Å². The van der Waals surface area contributed by atoms with Gasteiger partial charge in [-0.25, -0.2) is 9.97 Å². The smallest absolute Gasteiger partial charge is 0.232 e. The topological polar surface area (TPSA) is 70.6 Å². The highest BCUT2D eigenvalue weighted by Gasteiger charge is 2.44. The Labute approximate surface area is 155 Å². The molecular formula is C19H29N5O2. The molecule has 1 N–H and O–H groups in total. The Morgan fingerprint density at radius 3 is 2.73 bits per heavy atom. The molecule has 1 unspecified atom stereocenters. The number of carbonyl (C=O) groups is 1. The number of ether oxygens (including phenoxy) is 1. The molecule has 0 spiro atoms. The fourth-order valence-corrected chi connectivity index (χ4v) is 4.20. The van der Waals surface area contributed by atoms with Crippen molar-refractivity contribution in [3.05, 3.63) is 17.5 Å². The lowest BCUT2D eigenvalue weighted by Gasteiger charge is -2.33. The lowest BCUT2D eigenvalue weighted by Crippen LogP contribution is -2.49. The van der Waals surface area contributed by atoms with Crippen LogP contribution in [0.4, 0.5) is 5.95 Å². The lowest BCUT2D eigenvalue weighted by molar-refractivity contribution is -0.127. The molecule has 0 radical (unpaired) electrons. The highest BCUT2D eigenvalue weighted by Crippen LogP contribution is 2.38. The molecule has 2 saturated heterocycles. The second-order valence-electron chi connectivity index (χ2n) is 8.03. The van der Waals surface area contributed by atoms with Crippen LogP contribution in [0.5, 0.6) is 0 Å². The van der Waals surface area contributed by atoms with Gasteiger partial charge in [0.05, 0.1) is 24.3 Å². The Balaban J connectivity index is 1.52. The maximum Gasteiger partial charge on any atom is 0.232 e. The minimum atomic E-state index is -0.553. The molecule has 0 aromatic carbocycles. The van der Waals surface area contributed by atoms with Crippen LogP contribution < -0.4 is 10.2 Å². The van der Waals surface area contributed by atoms with Crippen LogP contribution in [0.25, 0.3) is 0 Å². The van der Waals surface area contributed by atoms with Crippen molar-refractivity contribution in [1.82, 2.24) is 20.2 Å². The number of amides is 1. The van der Waals surface area contributed by atoms with E-state index in [0.717, 1.165) is 69.1 Å². The third-order valence-electron chi connectivity index (χ3n) is 6.12. The summed E-state index contributed by atoms with van der Waals surface area (Å²) in [5.41, 5.74) is 1.48. The molecule has 3 heterocycles. The Hall–Kier alpha value is -1.73. The summed E-state index contributed by atoms with van der Waals surface area (Å²) in [6.07, 6.45) is 5.64. The molecule has 26 heavy (non-hydrogen) atoms. The first-order chi connectivity index (χ1) is 12.6. The molecule has 7 heteroatoms. The van der Waals surface area contributed by atoms with E-state index < -0.39 is 5.41 Å². The van der Waals surface area contributed by atoms with Gasteiger partial charge >= 0.3 is 0 Å². The quantitative estimate of drug-likeness (QED) is 0.858. The van der Waals surface area contributed by atoms with Crippen molar-refractivity contribution in [2.24, 2.45) is 0 Å². The van der Waals surface area contributed by atoms with Gasteiger partial charge in [-0.1, -0.05) is 0 Å². The van der Waals surface area contributed by atoms with Crippen LogP contribution in [0, 0.1) is 0 Å². The van der Waals surface area contributed by atoms with E-state index in [1.165, 1.54) is 0 Å². The predicted octanol–water partition coefficient (Wildman–Crippen LogP) is 0.728. The largest absolute Gasteiger partial charge is 0.378 e. The zero-order valence-corrected chi connectivity index (χ0v) is 15.8. The Morgan fingerprint density at radius 1 is 1.27 bits per heavy atom. The molecule has 1 aliphatic carbocycles. The molecule has 7 nitrogen and oxygen atoms in total. The van der Waals surface area contributed by atoms with Crippen LogP contribution in [0.2, 0.25) is 0 Å². The first-order valence-electron chi connectivity index (χ1n) is 9.75. The highest BCUT2D eigenvalue weighted by molar-refractivity contribution is 5.88. The number of nitrogens with one attached hydrogen (secondary N) is 1. The molecule has 3 aliphatic rings. The molecule has 1 amide bonds. The third-order valence-corrected chi connectivity index (χ3v) is 6.12. The van der Waals surface area contributed by atoms with Gasteiger partial charge in [-0.15, -0.1) is 0 Å². The molecular weight excluding hydrogens is 330 g/mol. The van der Waals surface area contributed by atoms with E-state index in [4.69, 9.17) is 9.72 Å². The monoisotopic (exact) mass is 359 g/mol. The van der Waals surface area contributed by atoms with Gasteiger partial charge in [-0.2, -0.15) is 0 Å². The molecule has 1 atom stereocenters. The minimum Gasteiger partial charge on any atom is -0.378 e. The number of hydrogen-bond donors (Lipinski definition) is 1. The average molecular weight is 359 g/mol. The van der Waals surface area contributed by atoms with Crippen molar-refractivity contribution in [3.8, 4) is 0 Å². The summed E-state index contributed by atoms with van der Waals surface area (Å²) in [5, 5.41) is 3.30. The summed E-state index contributed by atoms with van der Waals surface area (Å²) < 4.78 is 5.42. The van der Waals surface area contributed by atoms with Crippen LogP contribution >= 0.6 is 0 Å². The molecule has 2 aliphatic heterocycles. The number of anilines is 1. The summed E-state index contributed by atoms with van der Waals surface area (Å²) in [4.78, 5) is 27.0. The number of rotatable bonds is 3. The summed E-state index contributed by atoms with van der Waals surface area (Å²) in [6.45, 7) is 7.14. The van der Waals surface area contributed by atoms with Crippen molar-refractivity contribution in [3.63, 3.8) is 0 Å². The Bertz CT molecular complexity index is 668. The van der Waals surface area contributed by atoms with Gasteiger partial charge in [0.2, 0.25) is 11.9 Å². The fourth-order valence-electron chi connectivity index (χ4n) is 4.20. The van der Waals surface area contributed by atoms with Crippen molar-refractivity contribution < 1.29 is 9.53 Å². The standard InChI is InChI=1S/C19H29N5O2/c1-19(17(25)21-15-4-7-23(2)8-5-15)6-3-14-13-20-18(22-16(14)19)24-9-11-26-12-10-24/h13,15H,3-12H2,1-2H3,(H,21,25). The van der Waals surface area contributed by atoms with Gasteiger partial charge in [-0.05, 0) is 58.3 Å².